The number of benzene rings is 2. The molecule has 1 aliphatic heterocycles. The quantitative estimate of drug-likeness (QED) is 0.312. The molecule has 3 N–H and O–H groups in total. The molecule has 0 bridgehead atoms. The number of hydrogen-bond donors (Lipinski definition) is 3. The summed E-state index contributed by atoms with van der Waals surface area (Å²) in [6.07, 6.45) is 5.84. The average molecular weight is 516 g/mol. The lowest BCUT2D eigenvalue weighted by Gasteiger charge is -2.26. The number of H-pyrrole nitrogens is 1. The van der Waals surface area contributed by atoms with Crippen molar-refractivity contribution in [2.24, 2.45) is 0 Å². The van der Waals surface area contributed by atoms with Gasteiger partial charge in [0.25, 0.3) is 5.91 Å². The molecule has 2 aromatic heterocycles. The van der Waals surface area contributed by atoms with Gasteiger partial charge in [-0.1, -0.05) is 24.3 Å². The van der Waals surface area contributed by atoms with Crippen LogP contribution in [0, 0.1) is 0 Å². The fourth-order valence-corrected chi connectivity index (χ4v) is 4.63. The predicted octanol–water partition coefficient (Wildman–Crippen LogP) is 3.58. The van der Waals surface area contributed by atoms with Crippen LogP contribution in [-0.2, 0) is 11.2 Å². The van der Waals surface area contributed by atoms with Gasteiger partial charge in [-0.25, -0.2) is 9.97 Å². The molecule has 0 unspecified atom stereocenters. The van der Waals surface area contributed by atoms with Crippen LogP contribution in [0.5, 0.6) is 5.75 Å². The number of carbonyl (C=O) groups excluding carboxylic acids is 1. The van der Waals surface area contributed by atoms with Gasteiger partial charge in [0, 0.05) is 48.1 Å². The molecule has 1 aliphatic rings. The SMILES string of the molecule is CC(C)Oc1ccc(-c2cnc(N3CCOCC3)nc2)cc1C(=O)N[C@@H](CO)Cc1c[nH]c2ccccc12. The van der Waals surface area contributed by atoms with Gasteiger partial charge in [0.2, 0.25) is 5.95 Å². The minimum Gasteiger partial charge on any atom is -0.490 e. The van der Waals surface area contributed by atoms with E-state index in [1.54, 1.807) is 24.5 Å². The molecule has 1 fully saturated rings. The number of morpholine rings is 1. The highest BCUT2D eigenvalue weighted by Gasteiger charge is 2.21. The Morgan fingerprint density at radius 2 is 1.89 bits per heavy atom. The van der Waals surface area contributed by atoms with Gasteiger partial charge >= 0.3 is 0 Å². The molecule has 5 rings (SSSR count). The van der Waals surface area contributed by atoms with Crippen LogP contribution in [0.3, 0.4) is 0 Å². The molecule has 198 valence electrons. The second-order valence-corrected chi connectivity index (χ2v) is 9.67. The first-order valence-corrected chi connectivity index (χ1v) is 12.9. The van der Waals surface area contributed by atoms with Crippen molar-refractivity contribution >= 4 is 22.8 Å². The molecule has 0 radical (unpaired) electrons. The zero-order chi connectivity index (χ0) is 26.5. The molecule has 3 heterocycles. The Morgan fingerprint density at radius 1 is 1.13 bits per heavy atom. The van der Waals surface area contributed by atoms with Crippen LogP contribution in [0.15, 0.2) is 61.1 Å². The number of fused-ring (bicyclic) bond motifs is 1. The molecule has 0 saturated carbocycles. The third-order valence-corrected chi connectivity index (χ3v) is 6.55. The number of amides is 1. The molecule has 4 aromatic rings. The number of aromatic nitrogens is 3. The molecular weight excluding hydrogens is 482 g/mol. The highest BCUT2D eigenvalue weighted by atomic mass is 16.5. The number of carbonyl (C=O) groups is 1. The minimum atomic E-state index is -0.464. The first-order chi connectivity index (χ1) is 18.5. The summed E-state index contributed by atoms with van der Waals surface area (Å²) in [4.78, 5) is 27.9. The number of aliphatic hydroxyl groups excluding tert-OH is 1. The molecule has 9 nitrogen and oxygen atoms in total. The number of anilines is 1. The largest absolute Gasteiger partial charge is 0.490 e. The Balaban J connectivity index is 1.37. The maximum Gasteiger partial charge on any atom is 0.255 e. The van der Waals surface area contributed by atoms with Gasteiger partial charge in [-0.3, -0.25) is 4.79 Å². The Labute approximate surface area is 221 Å². The molecular formula is C29H33N5O4. The second kappa shape index (κ2) is 11.6. The number of hydrogen-bond acceptors (Lipinski definition) is 7. The lowest BCUT2D eigenvalue weighted by Crippen LogP contribution is -2.39. The number of rotatable bonds is 9. The third kappa shape index (κ3) is 5.79. The van der Waals surface area contributed by atoms with Crippen molar-refractivity contribution in [1.82, 2.24) is 20.3 Å². The third-order valence-electron chi connectivity index (χ3n) is 6.55. The van der Waals surface area contributed by atoms with Gasteiger partial charge in [-0.15, -0.1) is 0 Å². The van der Waals surface area contributed by atoms with Gasteiger partial charge in [-0.2, -0.15) is 0 Å². The van der Waals surface area contributed by atoms with E-state index in [-0.39, 0.29) is 18.6 Å². The Bertz CT molecular complexity index is 1380. The summed E-state index contributed by atoms with van der Waals surface area (Å²) in [5.41, 5.74) is 4.05. The van der Waals surface area contributed by atoms with E-state index < -0.39 is 6.04 Å². The fraction of sp³-hybridized carbons (Fsp3) is 0.345. The monoisotopic (exact) mass is 515 g/mol. The smallest absolute Gasteiger partial charge is 0.255 e. The summed E-state index contributed by atoms with van der Waals surface area (Å²) in [7, 11) is 0. The van der Waals surface area contributed by atoms with Gasteiger partial charge < -0.3 is 29.8 Å². The highest BCUT2D eigenvalue weighted by molar-refractivity contribution is 5.98. The van der Waals surface area contributed by atoms with Crippen LogP contribution in [0.2, 0.25) is 0 Å². The minimum absolute atomic E-state index is 0.108. The van der Waals surface area contributed by atoms with Crippen LogP contribution in [-0.4, -0.2) is 71.0 Å². The number of para-hydroxylation sites is 1. The maximum atomic E-state index is 13.5. The maximum absolute atomic E-state index is 13.5. The van der Waals surface area contributed by atoms with Gasteiger partial charge in [-0.05, 0) is 49.6 Å². The summed E-state index contributed by atoms with van der Waals surface area (Å²) in [6, 6.07) is 13.0. The van der Waals surface area contributed by atoms with Crippen LogP contribution >= 0.6 is 0 Å². The number of aliphatic hydroxyl groups is 1. The predicted molar refractivity (Wildman–Crippen MR) is 147 cm³/mol. The second-order valence-electron chi connectivity index (χ2n) is 9.67. The van der Waals surface area contributed by atoms with Crippen LogP contribution < -0.4 is 15.0 Å². The van der Waals surface area contributed by atoms with Gasteiger partial charge in [0.1, 0.15) is 5.75 Å². The molecule has 0 aliphatic carbocycles. The van der Waals surface area contributed by atoms with Crippen molar-refractivity contribution in [2.45, 2.75) is 32.4 Å². The molecule has 9 heteroatoms. The van der Waals surface area contributed by atoms with Crippen LogP contribution in [0.25, 0.3) is 22.0 Å². The number of nitrogens with one attached hydrogen (secondary N) is 2. The molecule has 38 heavy (non-hydrogen) atoms. The molecule has 1 amide bonds. The summed E-state index contributed by atoms with van der Waals surface area (Å²) in [5.74, 6) is 0.834. The highest BCUT2D eigenvalue weighted by Crippen LogP contribution is 2.28. The van der Waals surface area contributed by atoms with E-state index >= 15 is 0 Å². The van der Waals surface area contributed by atoms with Crippen molar-refractivity contribution in [3.63, 3.8) is 0 Å². The molecule has 0 spiro atoms. The van der Waals surface area contributed by atoms with E-state index in [1.165, 1.54) is 0 Å². The lowest BCUT2D eigenvalue weighted by molar-refractivity contribution is 0.0910. The van der Waals surface area contributed by atoms with Crippen molar-refractivity contribution in [1.29, 1.82) is 0 Å². The molecule has 2 aromatic carbocycles. The van der Waals surface area contributed by atoms with E-state index in [0.717, 1.165) is 40.7 Å². The normalized spacial score (nSPS) is 14.6. The van der Waals surface area contributed by atoms with Crippen molar-refractivity contribution in [3.8, 4) is 16.9 Å². The zero-order valence-electron chi connectivity index (χ0n) is 21.7. The van der Waals surface area contributed by atoms with Gasteiger partial charge in [0.15, 0.2) is 0 Å². The zero-order valence-corrected chi connectivity index (χ0v) is 21.7. The summed E-state index contributed by atoms with van der Waals surface area (Å²) < 4.78 is 11.4. The Kier molecular flexibility index (Phi) is 7.86. The molecule has 1 atom stereocenters. The first-order valence-electron chi connectivity index (χ1n) is 12.9. The first kappa shape index (κ1) is 25.7. The van der Waals surface area contributed by atoms with Gasteiger partial charge in [0.05, 0.1) is 37.5 Å². The topological polar surface area (TPSA) is 113 Å². The Hall–Kier alpha value is -3.95. The Morgan fingerprint density at radius 3 is 2.63 bits per heavy atom. The van der Waals surface area contributed by atoms with E-state index in [0.29, 0.717) is 36.9 Å². The number of aromatic amines is 1. The lowest BCUT2D eigenvalue weighted by atomic mass is 10.0. The van der Waals surface area contributed by atoms with E-state index in [9.17, 15) is 9.90 Å². The standard InChI is InChI=1S/C29H33N5O4/c1-19(2)38-27-8-7-20(22-16-31-29(32-17-22)34-9-11-37-12-10-34)14-25(27)28(36)33-23(18-35)13-21-15-30-26-6-4-3-5-24(21)26/h3-8,14-17,19,23,30,35H,9-13,18H2,1-2H3,(H,33,36)/t23-/m1/s1. The summed E-state index contributed by atoms with van der Waals surface area (Å²) in [6.45, 7) is 6.49. The average Bonchev–Trinajstić information content (AvgIpc) is 3.36. The number of ether oxygens (including phenoxy) is 2. The fourth-order valence-electron chi connectivity index (χ4n) is 4.63. The summed E-state index contributed by atoms with van der Waals surface area (Å²) >= 11 is 0. The van der Waals surface area contributed by atoms with Crippen LogP contribution in [0.1, 0.15) is 29.8 Å². The molecule has 1 saturated heterocycles. The summed E-state index contributed by atoms with van der Waals surface area (Å²) in [5, 5.41) is 14.2. The van der Waals surface area contributed by atoms with E-state index in [4.69, 9.17) is 9.47 Å². The van der Waals surface area contributed by atoms with Crippen molar-refractivity contribution in [3.05, 3.63) is 72.2 Å². The van der Waals surface area contributed by atoms with Crippen molar-refractivity contribution < 1.29 is 19.4 Å². The van der Waals surface area contributed by atoms with Crippen LogP contribution in [0.4, 0.5) is 5.95 Å². The van der Waals surface area contributed by atoms with Crippen molar-refractivity contribution in [2.75, 3.05) is 37.8 Å². The number of nitrogens with zero attached hydrogens (tertiary/aromatic N) is 3. The van der Waals surface area contributed by atoms with E-state index in [1.807, 2.05) is 50.4 Å². The van der Waals surface area contributed by atoms with E-state index in [2.05, 4.69) is 25.2 Å².